The number of thiophene rings is 2. The van der Waals surface area contributed by atoms with Crippen LogP contribution in [0.1, 0.15) is 22.0 Å². The Labute approximate surface area is 199 Å². The molecule has 166 valence electrons. The number of carbonyl (C=O) groups excluding carboxylic acids is 2. The summed E-state index contributed by atoms with van der Waals surface area (Å²) >= 11 is 9.31. The lowest BCUT2D eigenvalue weighted by atomic mass is 10.0. The maximum Gasteiger partial charge on any atom is 0.260 e. The number of ether oxygens (including phenoxy) is 1. The van der Waals surface area contributed by atoms with Crippen molar-refractivity contribution in [3.63, 3.8) is 0 Å². The number of nitrogens with one attached hydrogen (secondary N) is 1. The molecule has 0 radical (unpaired) electrons. The number of morpholine rings is 1. The first-order chi connectivity index (χ1) is 15.6. The summed E-state index contributed by atoms with van der Waals surface area (Å²) in [6.07, 6.45) is 0. The molecule has 2 aromatic heterocycles. The number of amides is 2. The maximum atomic E-state index is 13.7. The Hall–Kier alpha value is -2.23. The summed E-state index contributed by atoms with van der Waals surface area (Å²) in [5.41, 5.74) is 2.94. The molecular formula is C23H22ClN3O3S2. The van der Waals surface area contributed by atoms with Crippen molar-refractivity contribution in [3.8, 4) is 10.4 Å². The maximum absolute atomic E-state index is 13.7. The third kappa shape index (κ3) is 4.09. The van der Waals surface area contributed by atoms with Crippen molar-refractivity contribution < 1.29 is 14.3 Å². The number of halogens is 1. The van der Waals surface area contributed by atoms with Crippen LogP contribution in [0.4, 0.5) is 5.69 Å². The average molecular weight is 488 g/mol. The third-order valence-corrected chi connectivity index (χ3v) is 7.71. The molecule has 3 aromatic rings. The molecule has 6 nitrogen and oxygen atoms in total. The standard InChI is InChI=1S/C23H22ClN3O3S2/c24-15-2-1-3-16(12-15)27-20(22(28)25-5-6-26-7-9-30-10-8-26)17-4-11-32-21(17)18-13-31-14-19(18)23(27)29/h1-4,11-14,20H,5-10H2,(H,25,28). The first-order valence-corrected chi connectivity index (χ1v) is 12.6. The van der Waals surface area contributed by atoms with Gasteiger partial charge in [0.1, 0.15) is 6.04 Å². The van der Waals surface area contributed by atoms with Crippen LogP contribution in [0.25, 0.3) is 10.4 Å². The zero-order valence-corrected chi connectivity index (χ0v) is 19.6. The summed E-state index contributed by atoms with van der Waals surface area (Å²) < 4.78 is 5.39. The number of nitrogens with zero attached hydrogens (tertiary/aromatic N) is 2. The molecule has 5 rings (SSSR count). The normalized spacial score (nSPS) is 18.7. The molecule has 0 saturated carbocycles. The van der Waals surface area contributed by atoms with E-state index in [2.05, 4.69) is 10.2 Å². The summed E-state index contributed by atoms with van der Waals surface area (Å²) in [7, 11) is 0. The molecule has 2 aliphatic heterocycles. The lowest BCUT2D eigenvalue weighted by Crippen LogP contribution is -2.46. The molecule has 9 heteroatoms. The van der Waals surface area contributed by atoms with Crippen LogP contribution < -0.4 is 10.2 Å². The molecule has 2 amide bonds. The molecule has 1 fully saturated rings. The Morgan fingerprint density at radius 1 is 1.19 bits per heavy atom. The number of anilines is 1. The summed E-state index contributed by atoms with van der Waals surface area (Å²) in [4.78, 5) is 32.1. The number of carbonyl (C=O) groups is 2. The van der Waals surface area contributed by atoms with E-state index in [1.165, 1.54) is 11.3 Å². The van der Waals surface area contributed by atoms with Crippen LogP contribution in [0.15, 0.2) is 46.5 Å². The second-order valence-corrected chi connectivity index (χ2v) is 9.80. The lowest BCUT2D eigenvalue weighted by molar-refractivity contribution is -0.122. The highest BCUT2D eigenvalue weighted by atomic mass is 35.5. The molecule has 1 atom stereocenters. The van der Waals surface area contributed by atoms with Crippen molar-refractivity contribution in [1.29, 1.82) is 0 Å². The third-order valence-electron chi connectivity index (χ3n) is 5.77. The van der Waals surface area contributed by atoms with Gasteiger partial charge in [0.05, 0.1) is 18.8 Å². The molecule has 1 aromatic carbocycles. The minimum atomic E-state index is -0.774. The van der Waals surface area contributed by atoms with Crippen molar-refractivity contribution in [3.05, 3.63) is 62.6 Å². The van der Waals surface area contributed by atoms with Gasteiger partial charge in [-0.05, 0) is 29.6 Å². The van der Waals surface area contributed by atoms with Crippen molar-refractivity contribution in [2.24, 2.45) is 0 Å². The fourth-order valence-electron chi connectivity index (χ4n) is 4.19. The minimum absolute atomic E-state index is 0.194. The van der Waals surface area contributed by atoms with E-state index in [1.807, 2.05) is 28.3 Å². The van der Waals surface area contributed by atoms with Crippen LogP contribution in [0.3, 0.4) is 0 Å². The lowest BCUT2D eigenvalue weighted by Gasteiger charge is -2.31. The summed E-state index contributed by atoms with van der Waals surface area (Å²) in [5.74, 6) is -0.389. The second kappa shape index (κ2) is 9.33. The number of fused-ring (bicyclic) bond motifs is 3. The molecule has 4 heterocycles. The zero-order chi connectivity index (χ0) is 22.1. The Morgan fingerprint density at radius 3 is 2.81 bits per heavy atom. The number of hydrogen-bond acceptors (Lipinski definition) is 6. The van der Waals surface area contributed by atoms with Crippen LogP contribution in [-0.2, 0) is 9.53 Å². The first-order valence-electron chi connectivity index (χ1n) is 10.4. The predicted molar refractivity (Wildman–Crippen MR) is 129 cm³/mol. The van der Waals surface area contributed by atoms with Gasteiger partial charge in [-0.15, -0.1) is 11.3 Å². The van der Waals surface area contributed by atoms with E-state index in [9.17, 15) is 9.59 Å². The fourth-order valence-corrected chi connectivity index (χ4v) is 6.22. The molecule has 0 spiro atoms. The molecule has 0 aliphatic carbocycles. The van der Waals surface area contributed by atoms with Crippen molar-refractivity contribution in [2.75, 3.05) is 44.3 Å². The highest BCUT2D eigenvalue weighted by Crippen LogP contribution is 2.44. The molecule has 1 saturated heterocycles. The SMILES string of the molecule is O=C(NCCN1CCOCC1)C1c2ccsc2-c2cscc2C(=O)N1c1cccc(Cl)c1. The molecular weight excluding hydrogens is 466 g/mol. The Kier molecular flexibility index (Phi) is 6.30. The van der Waals surface area contributed by atoms with Gasteiger partial charge in [0.25, 0.3) is 5.91 Å². The van der Waals surface area contributed by atoms with Gasteiger partial charge in [-0.1, -0.05) is 17.7 Å². The predicted octanol–water partition coefficient (Wildman–Crippen LogP) is 4.28. The smallest absolute Gasteiger partial charge is 0.260 e. The number of rotatable bonds is 5. The van der Waals surface area contributed by atoms with Crippen LogP contribution >= 0.6 is 34.3 Å². The molecule has 32 heavy (non-hydrogen) atoms. The topological polar surface area (TPSA) is 61.9 Å². The van der Waals surface area contributed by atoms with Crippen molar-refractivity contribution >= 4 is 51.8 Å². The van der Waals surface area contributed by atoms with Gasteiger partial charge in [0.2, 0.25) is 5.91 Å². The Bertz CT molecular complexity index is 1140. The van der Waals surface area contributed by atoms with Gasteiger partial charge in [0, 0.05) is 63.7 Å². The highest BCUT2D eigenvalue weighted by Gasteiger charge is 2.39. The van der Waals surface area contributed by atoms with Gasteiger partial charge in [-0.3, -0.25) is 19.4 Å². The van der Waals surface area contributed by atoms with Gasteiger partial charge in [-0.25, -0.2) is 0 Å². The zero-order valence-electron chi connectivity index (χ0n) is 17.3. The van der Waals surface area contributed by atoms with Crippen LogP contribution in [0.2, 0.25) is 5.02 Å². The second-order valence-electron chi connectivity index (χ2n) is 7.71. The highest BCUT2D eigenvalue weighted by molar-refractivity contribution is 7.14. The molecule has 1 N–H and O–H groups in total. The van der Waals surface area contributed by atoms with Gasteiger partial charge < -0.3 is 10.1 Å². The van der Waals surface area contributed by atoms with Gasteiger partial charge in [0.15, 0.2) is 0 Å². The van der Waals surface area contributed by atoms with E-state index < -0.39 is 6.04 Å². The summed E-state index contributed by atoms with van der Waals surface area (Å²) in [5, 5.41) is 9.41. The van der Waals surface area contributed by atoms with E-state index in [-0.39, 0.29) is 11.8 Å². The van der Waals surface area contributed by atoms with E-state index >= 15 is 0 Å². The molecule has 0 bridgehead atoms. The van der Waals surface area contributed by atoms with Crippen LogP contribution in [0.5, 0.6) is 0 Å². The molecule has 1 unspecified atom stereocenters. The van der Waals surface area contributed by atoms with Gasteiger partial charge >= 0.3 is 0 Å². The van der Waals surface area contributed by atoms with Crippen LogP contribution in [-0.4, -0.2) is 56.1 Å². The Balaban J connectivity index is 1.49. The first kappa shape index (κ1) is 21.6. The quantitative estimate of drug-likeness (QED) is 0.583. The fraction of sp³-hybridized carbons (Fsp3) is 0.304. The van der Waals surface area contributed by atoms with E-state index in [4.69, 9.17) is 16.3 Å². The van der Waals surface area contributed by atoms with Crippen LogP contribution in [0, 0.1) is 0 Å². The largest absolute Gasteiger partial charge is 0.379 e. The van der Waals surface area contributed by atoms with Gasteiger partial charge in [-0.2, -0.15) is 11.3 Å². The van der Waals surface area contributed by atoms with Crippen molar-refractivity contribution in [2.45, 2.75) is 6.04 Å². The minimum Gasteiger partial charge on any atom is -0.379 e. The summed E-state index contributed by atoms with van der Waals surface area (Å²) in [6, 6.07) is 8.29. The van der Waals surface area contributed by atoms with Crippen molar-refractivity contribution in [1.82, 2.24) is 10.2 Å². The number of hydrogen-bond donors (Lipinski definition) is 1. The Morgan fingerprint density at radius 2 is 2.00 bits per heavy atom. The van der Waals surface area contributed by atoms with E-state index in [0.717, 1.165) is 35.6 Å². The van der Waals surface area contributed by atoms with E-state index in [1.54, 1.807) is 34.4 Å². The monoisotopic (exact) mass is 487 g/mol. The number of benzene rings is 1. The molecule has 2 aliphatic rings. The average Bonchev–Trinajstić information content (AvgIpc) is 3.45. The summed E-state index contributed by atoms with van der Waals surface area (Å²) in [6.45, 7) is 4.41. The van der Waals surface area contributed by atoms with E-state index in [0.29, 0.717) is 36.0 Å².